The highest BCUT2D eigenvalue weighted by molar-refractivity contribution is 4.87. The second-order valence-corrected chi connectivity index (χ2v) is 3.44. The van der Waals surface area contributed by atoms with E-state index in [-0.39, 0.29) is 0 Å². The Balaban J connectivity index is 2.37. The second kappa shape index (κ2) is 4.04. The summed E-state index contributed by atoms with van der Waals surface area (Å²) in [6, 6.07) is 1.59. The maximum atomic E-state index is 5.89. The molecule has 0 bridgehead atoms. The number of nitrogens with two attached hydrogens (primary N) is 1. The molecule has 0 aromatic carbocycles. The van der Waals surface area contributed by atoms with Gasteiger partial charge in [-0.2, -0.15) is 0 Å². The third kappa shape index (κ3) is 2.43. The van der Waals surface area contributed by atoms with Gasteiger partial charge in [-0.1, -0.05) is 0 Å². The van der Waals surface area contributed by atoms with Crippen molar-refractivity contribution < 1.29 is 0 Å². The van der Waals surface area contributed by atoms with E-state index in [2.05, 4.69) is 10.6 Å². The zero-order valence-electron chi connectivity index (χ0n) is 7.43. The van der Waals surface area contributed by atoms with Crippen molar-refractivity contribution in [1.82, 2.24) is 10.6 Å². The fourth-order valence-electron chi connectivity index (χ4n) is 1.83. The van der Waals surface area contributed by atoms with Crippen molar-refractivity contribution in [2.75, 3.05) is 14.1 Å². The fraction of sp³-hybridized carbons (Fsp3) is 1.00. The summed E-state index contributed by atoms with van der Waals surface area (Å²) in [5.74, 6) is 0. The van der Waals surface area contributed by atoms with Gasteiger partial charge in [-0.25, -0.2) is 0 Å². The van der Waals surface area contributed by atoms with Crippen LogP contribution in [0.2, 0.25) is 0 Å². The summed E-state index contributed by atoms with van der Waals surface area (Å²) < 4.78 is 0. The largest absolute Gasteiger partial charge is 0.328 e. The zero-order valence-corrected chi connectivity index (χ0v) is 7.43. The van der Waals surface area contributed by atoms with Crippen molar-refractivity contribution >= 4 is 0 Å². The van der Waals surface area contributed by atoms with Crippen LogP contribution in [0, 0.1) is 0 Å². The fourth-order valence-corrected chi connectivity index (χ4v) is 1.83. The van der Waals surface area contributed by atoms with Crippen LogP contribution in [0.15, 0.2) is 0 Å². The van der Waals surface area contributed by atoms with E-state index in [1.807, 2.05) is 14.1 Å². The van der Waals surface area contributed by atoms with Crippen molar-refractivity contribution in [2.24, 2.45) is 5.73 Å². The Hall–Kier alpha value is -0.120. The molecule has 66 valence electrons. The van der Waals surface area contributed by atoms with Gasteiger partial charge in [0.2, 0.25) is 0 Å². The second-order valence-electron chi connectivity index (χ2n) is 3.44. The molecule has 0 radical (unpaired) electrons. The Morgan fingerprint density at radius 1 is 1.00 bits per heavy atom. The van der Waals surface area contributed by atoms with Gasteiger partial charge in [0, 0.05) is 18.1 Å². The Kier molecular flexibility index (Phi) is 3.30. The van der Waals surface area contributed by atoms with Crippen LogP contribution in [0.5, 0.6) is 0 Å². The molecular formula is C8H19N3. The molecule has 0 aliphatic heterocycles. The first-order valence-corrected chi connectivity index (χ1v) is 4.36. The molecule has 0 aromatic rings. The topological polar surface area (TPSA) is 50.1 Å². The van der Waals surface area contributed by atoms with Gasteiger partial charge in [-0.15, -0.1) is 0 Å². The number of nitrogens with one attached hydrogen (secondary N) is 2. The van der Waals surface area contributed by atoms with Crippen LogP contribution in [0.1, 0.15) is 19.3 Å². The first kappa shape index (κ1) is 8.97. The summed E-state index contributed by atoms with van der Waals surface area (Å²) in [4.78, 5) is 0. The standard InChI is InChI=1S/C8H19N3/c1-10-7-3-6(9)4-8(5-7)11-2/h6-8,10-11H,3-5,9H2,1-2H3. The number of hydrogen-bond acceptors (Lipinski definition) is 3. The quantitative estimate of drug-likeness (QED) is 0.514. The summed E-state index contributed by atoms with van der Waals surface area (Å²) in [6.45, 7) is 0. The molecule has 11 heavy (non-hydrogen) atoms. The third-order valence-corrected chi connectivity index (χ3v) is 2.56. The normalized spacial score (nSPS) is 39.0. The third-order valence-electron chi connectivity index (χ3n) is 2.56. The number of hydrogen-bond donors (Lipinski definition) is 3. The van der Waals surface area contributed by atoms with Crippen LogP contribution in [0.4, 0.5) is 0 Å². The molecule has 1 aliphatic rings. The van der Waals surface area contributed by atoms with Crippen molar-refractivity contribution in [3.8, 4) is 0 Å². The average molecular weight is 157 g/mol. The van der Waals surface area contributed by atoms with E-state index < -0.39 is 0 Å². The molecule has 1 aliphatic carbocycles. The highest BCUT2D eigenvalue weighted by Crippen LogP contribution is 2.16. The van der Waals surface area contributed by atoms with Crippen LogP contribution >= 0.6 is 0 Å². The molecule has 2 unspecified atom stereocenters. The Morgan fingerprint density at radius 3 is 1.82 bits per heavy atom. The zero-order chi connectivity index (χ0) is 8.27. The molecule has 0 spiro atoms. The lowest BCUT2D eigenvalue weighted by Gasteiger charge is -2.32. The minimum absolute atomic E-state index is 0.374. The molecule has 0 saturated heterocycles. The van der Waals surface area contributed by atoms with Crippen molar-refractivity contribution in [3.05, 3.63) is 0 Å². The minimum atomic E-state index is 0.374. The van der Waals surface area contributed by atoms with E-state index in [0.29, 0.717) is 18.1 Å². The molecule has 3 nitrogen and oxygen atoms in total. The van der Waals surface area contributed by atoms with Crippen molar-refractivity contribution in [3.63, 3.8) is 0 Å². The molecule has 0 heterocycles. The Morgan fingerprint density at radius 2 is 1.45 bits per heavy atom. The Bertz CT molecular complexity index is 104. The van der Waals surface area contributed by atoms with E-state index in [0.717, 1.165) is 12.8 Å². The van der Waals surface area contributed by atoms with E-state index in [1.54, 1.807) is 0 Å². The molecule has 2 atom stereocenters. The van der Waals surface area contributed by atoms with E-state index in [1.165, 1.54) is 6.42 Å². The average Bonchev–Trinajstić information content (AvgIpc) is 2.03. The summed E-state index contributed by atoms with van der Waals surface area (Å²) >= 11 is 0. The summed E-state index contributed by atoms with van der Waals surface area (Å²) in [5.41, 5.74) is 5.89. The van der Waals surface area contributed by atoms with Crippen LogP contribution in [-0.4, -0.2) is 32.2 Å². The molecule has 3 heteroatoms. The maximum absolute atomic E-state index is 5.89. The van der Waals surface area contributed by atoms with Crippen LogP contribution < -0.4 is 16.4 Å². The predicted molar refractivity (Wildman–Crippen MR) is 47.5 cm³/mol. The van der Waals surface area contributed by atoms with Crippen LogP contribution in [0.25, 0.3) is 0 Å². The summed E-state index contributed by atoms with van der Waals surface area (Å²) in [6.07, 6.45) is 3.45. The van der Waals surface area contributed by atoms with Crippen LogP contribution in [-0.2, 0) is 0 Å². The van der Waals surface area contributed by atoms with Gasteiger partial charge in [0.15, 0.2) is 0 Å². The molecule has 1 fully saturated rings. The van der Waals surface area contributed by atoms with Gasteiger partial charge in [-0.05, 0) is 33.4 Å². The van der Waals surface area contributed by atoms with Gasteiger partial charge in [0.05, 0.1) is 0 Å². The monoisotopic (exact) mass is 157 g/mol. The lowest BCUT2D eigenvalue weighted by Crippen LogP contribution is -2.47. The summed E-state index contributed by atoms with van der Waals surface area (Å²) in [5, 5.41) is 6.56. The van der Waals surface area contributed by atoms with Crippen molar-refractivity contribution in [1.29, 1.82) is 0 Å². The molecule has 0 aromatic heterocycles. The highest BCUT2D eigenvalue weighted by Gasteiger charge is 2.24. The van der Waals surface area contributed by atoms with Gasteiger partial charge in [0.25, 0.3) is 0 Å². The van der Waals surface area contributed by atoms with Gasteiger partial charge in [0.1, 0.15) is 0 Å². The first-order chi connectivity index (χ1) is 5.26. The maximum Gasteiger partial charge on any atom is 0.00936 e. The first-order valence-electron chi connectivity index (χ1n) is 4.36. The minimum Gasteiger partial charge on any atom is -0.328 e. The summed E-state index contributed by atoms with van der Waals surface area (Å²) in [7, 11) is 4.02. The highest BCUT2D eigenvalue weighted by atomic mass is 14.9. The van der Waals surface area contributed by atoms with Gasteiger partial charge in [-0.3, -0.25) is 0 Å². The van der Waals surface area contributed by atoms with Gasteiger partial charge >= 0.3 is 0 Å². The smallest absolute Gasteiger partial charge is 0.00936 e. The van der Waals surface area contributed by atoms with E-state index >= 15 is 0 Å². The molecule has 0 amide bonds. The van der Waals surface area contributed by atoms with E-state index in [9.17, 15) is 0 Å². The van der Waals surface area contributed by atoms with E-state index in [4.69, 9.17) is 5.73 Å². The Labute approximate surface area is 68.7 Å². The van der Waals surface area contributed by atoms with Crippen molar-refractivity contribution in [2.45, 2.75) is 37.4 Å². The number of rotatable bonds is 2. The molecule has 1 saturated carbocycles. The SMILES string of the molecule is CNC1CC(N)CC(NC)C1. The lowest BCUT2D eigenvalue weighted by molar-refractivity contribution is 0.295. The molecule has 4 N–H and O–H groups in total. The van der Waals surface area contributed by atoms with Gasteiger partial charge < -0.3 is 16.4 Å². The predicted octanol–water partition coefficient (Wildman–Crippen LogP) is -0.326. The molecule has 1 rings (SSSR count). The van der Waals surface area contributed by atoms with Crippen LogP contribution in [0.3, 0.4) is 0 Å². The molecular weight excluding hydrogens is 138 g/mol. The lowest BCUT2D eigenvalue weighted by atomic mass is 9.88.